The lowest BCUT2D eigenvalue weighted by Crippen LogP contribution is -2.43. The number of alkyl carbamates (subject to hydrolysis) is 1. The van der Waals surface area contributed by atoms with Gasteiger partial charge >= 0.3 is 6.09 Å². The lowest BCUT2D eigenvalue weighted by Gasteiger charge is -2.16. The molecule has 1 atom stereocenters. The molecule has 0 bridgehead atoms. The van der Waals surface area contributed by atoms with Crippen molar-refractivity contribution in [3.63, 3.8) is 0 Å². The predicted octanol–water partition coefficient (Wildman–Crippen LogP) is 3.05. The highest BCUT2D eigenvalue weighted by Gasteiger charge is 2.21. The minimum absolute atomic E-state index is 0.0997. The van der Waals surface area contributed by atoms with E-state index in [9.17, 15) is 14.7 Å². The topological polar surface area (TPSA) is 89.8 Å². The van der Waals surface area contributed by atoms with E-state index in [0.29, 0.717) is 11.9 Å². The first-order chi connectivity index (χ1) is 13.6. The van der Waals surface area contributed by atoms with Crippen LogP contribution in [0, 0.1) is 0 Å². The van der Waals surface area contributed by atoms with E-state index in [0.717, 1.165) is 10.9 Å². The molecule has 3 aromatic rings. The fourth-order valence-electron chi connectivity index (χ4n) is 2.80. The molecule has 0 aliphatic carbocycles. The Morgan fingerprint density at radius 3 is 2.57 bits per heavy atom. The summed E-state index contributed by atoms with van der Waals surface area (Å²) in [7, 11) is 0. The number of para-hydroxylation sites is 1. The number of nitrogens with zero attached hydrogens (tertiary/aromatic N) is 1. The number of benzene rings is 2. The Morgan fingerprint density at radius 2 is 1.82 bits per heavy atom. The number of fused-ring (bicyclic) bond motifs is 1. The van der Waals surface area contributed by atoms with Crippen molar-refractivity contribution in [1.29, 1.82) is 0 Å². The number of hydrogen-bond acceptors (Lipinski definition) is 5. The number of ether oxygens (including phenoxy) is 1. The first kappa shape index (κ1) is 19.3. The quantitative estimate of drug-likeness (QED) is 0.625. The summed E-state index contributed by atoms with van der Waals surface area (Å²) < 4.78 is 6.35. The van der Waals surface area contributed by atoms with Gasteiger partial charge in [0.15, 0.2) is 12.4 Å². The van der Waals surface area contributed by atoms with Gasteiger partial charge in [0.05, 0.1) is 11.6 Å². The van der Waals surface area contributed by atoms with Crippen molar-refractivity contribution in [2.75, 3.05) is 6.61 Å². The van der Waals surface area contributed by atoms with Crippen molar-refractivity contribution in [1.82, 2.24) is 10.0 Å². The van der Waals surface area contributed by atoms with Gasteiger partial charge in [0.2, 0.25) is 5.88 Å². The smallest absolute Gasteiger partial charge is 0.408 e. The van der Waals surface area contributed by atoms with Gasteiger partial charge in [0.25, 0.3) is 0 Å². The fraction of sp³-hybridized carbons (Fsp3) is 0.238. The van der Waals surface area contributed by atoms with E-state index in [1.165, 1.54) is 4.73 Å². The van der Waals surface area contributed by atoms with E-state index < -0.39 is 12.1 Å². The minimum atomic E-state index is -0.743. The predicted molar refractivity (Wildman–Crippen MR) is 104 cm³/mol. The van der Waals surface area contributed by atoms with Crippen LogP contribution in [0.25, 0.3) is 10.9 Å². The van der Waals surface area contributed by atoms with Gasteiger partial charge in [-0.05, 0) is 18.1 Å². The Hall–Kier alpha value is -3.48. The lowest BCUT2D eigenvalue weighted by atomic mass is 10.1. The third-order valence-electron chi connectivity index (χ3n) is 4.29. The Bertz CT molecular complexity index is 952. The average molecular weight is 382 g/mol. The van der Waals surface area contributed by atoms with Crippen LogP contribution in [0.15, 0.2) is 60.7 Å². The second-order valence-corrected chi connectivity index (χ2v) is 6.26. The van der Waals surface area contributed by atoms with Gasteiger partial charge in [-0.15, -0.1) is 4.73 Å². The molecule has 0 spiro atoms. The van der Waals surface area contributed by atoms with Gasteiger partial charge in [0, 0.05) is 11.5 Å². The molecule has 7 heteroatoms. The zero-order valence-electron chi connectivity index (χ0n) is 15.5. The summed E-state index contributed by atoms with van der Waals surface area (Å²) in [5.74, 6) is -0.423. The molecule has 0 aliphatic rings. The van der Waals surface area contributed by atoms with Crippen molar-refractivity contribution in [3.05, 3.63) is 66.2 Å². The van der Waals surface area contributed by atoms with Crippen molar-refractivity contribution in [2.24, 2.45) is 0 Å². The van der Waals surface area contributed by atoms with E-state index >= 15 is 0 Å². The van der Waals surface area contributed by atoms with Crippen LogP contribution in [-0.4, -0.2) is 34.4 Å². The number of nitrogens with one attached hydrogen (secondary N) is 1. The van der Waals surface area contributed by atoms with Crippen molar-refractivity contribution in [3.8, 4) is 5.88 Å². The first-order valence-corrected chi connectivity index (χ1v) is 9.01. The summed E-state index contributed by atoms with van der Waals surface area (Å²) in [6.45, 7) is 1.60. The molecule has 0 saturated carbocycles. The Kier molecular flexibility index (Phi) is 6.16. The van der Waals surface area contributed by atoms with E-state index in [-0.39, 0.29) is 24.9 Å². The number of Topliss-reactive ketones (excluding diaryl/α,β-unsaturated/α-hetero) is 1. The summed E-state index contributed by atoms with van der Waals surface area (Å²) in [5, 5.41) is 13.4. The van der Waals surface area contributed by atoms with E-state index in [1.54, 1.807) is 19.1 Å². The summed E-state index contributed by atoms with van der Waals surface area (Å²) >= 11 is 0. The monoisotopic (exact) mass is 382 g/mol. The van der Waals surface area contributed by atoms with Crippen molar-refractivity contribution in [2.45, 2.75) is 26.0 Å². The molecule has 0 fully saturated rings. The van der Waals surface area contributed by atoms with Crippen LogP contribution in [0.2, 0.25) is 0 Å². The summed E-state index contributed by atoms with van der Waals surface area (Å²) in [5.41, 5.74) is 1.51. The van der Waals surface area contributed by atoms with Gasteiger partial charge < -0.3 is 20.0 Å². The average Bonchev–Trinajstić information content (AvgIpc) is 3.04. The molecule has 146 valence electrons. The van der Waals surface area contributed by atoms with Crippen molar-refractivity contribution < 1.29 is 24.3 Å². The number of carbonyl (C=O) groups excluding carboxylic acids is 2. The summed E-state index contributed by atoms with van der Waals surface area (Å²) in [6.07, 6.45) is -0.278. The van der Waals surface area contributed by atoms with E-state index in [2.05, 4.69) is 5.32 Å². The van der Waals surface area contributed by atoms with Crippen LogP contribution in [0.5, 0.6) is 5.88 Å². The number of aromatic hydroxyl groups is 1. The van der Waals surface area contributed by atoms with Gasteiger partial charge in [-0.3, -0.25) is 4.79 Å². The van der Waals surface area contributed by atoms with Crippen molar-refractivity contribution >= 4 is 22.8 Å². The normalized spacial score (nSPS) is 11.8. The standard InChI is InChI=1S/C21H22N2O5/c1-2-17(22-21(26)27-13-15-8-4-3-5-9-15)19(24)14-28-23-18-11-7-6-10-16(18)12-20(23)25/h3-12,17,25H,2,13-14H2,1H3,(H,22,26). The maximum absolute atomic E-state index is 12.4. The molecular formula is C21H22N2O5. The molecule has 3 rings (SSSR count). The number of rotatable bonds is 8. The lowest BCUT2D eigenvalue weighted by molar-refractivity contribution is -0.125. The molecule has 0 aliphatic heterocycles. The number of carbonyl (C=O) groups is 2. The van der Waals surface area contributed by atoms with Gasteiger partial charge in [-0.25, -0.2) is 4.79 Å². The van der Waals surface area contributed by atoms with E-state index in [4.69, 9.17) is 9.57 Å². The molecule has 7 nitrogen and oxygen atoms in total. The number of aromatic nitrogens is 1. The molecule has 28 heavy (non-hydrogen) atoms. The largest absolute Gasteiger partial charge is 0.492 e. The molecule has 1 unspecified atom stereocenters. The zero-order valence-corrected chi connectivity index (χ0v) is 15.5. The second kappa shape index (κ2) is 8.94. The third kappa shape index (κ3) is 4.62. The molecule has 2 aromatic carbocycles. The highest BCUT2D eigenvalue weighted by molar-refractivity contribution is 5.88. The van der Waals surface area contributed by atoms with Crippen LogP contribution in [0.4, 0.5) is 4.79 Å². The minimum Gasteiger partial charge on any atom is -0.492 e. The maximum Gasteiger partial charge on any atom is 0.408 e. The highest BCUT2D eigenvalue weighted by atomic mass is 16.7. The van der Waals surface area contributed by atoms with Crippen LogP contribution < -0.4 is 10.2 Å². The van der Waals surface area contributed by atoms with Gasteiger partial charge in [-0.2, -0.15) is 0 Å². The van der Waals surface area contributed by atoms with Crippen LogP contribution in [0.3, 0.4) is 0 Å². The molecule has 2 N–H and O–H groups in total. The molecule has 0 radical (unpaired) electrons. The molecule has 1 aromatic heterocycles. The maximum atomic E-state index is 12.4. The summed E-state index contributed by atoms with van der Waals surface area (Å²) in [6, 6.07) is 17.3. The summed E-state index contributed by atoms with van der Waals surface area (Å²) in [4.78, 5) is 29.9. The SMILES string of the molecule is CCC(NC(=O)OCc1ccccc1)C(=O)COn1c(O)cc2ccccc21. The molecule has 1 amide bonds. The van der Waals surface area contributed by atoms with Crippen LogP contribution in [-0.2, 0) is 16.1 Å². The fourth-order valence-corrected chi connectivity index (χ4v) is 2.80. The molecule has 0 saturated heterocycles. The zero-order chi connectivity index (χ0) is 19.9. The Labute approximate surface area is 162 Å². The van der Waals surface area contributed by atoms with Gasteiger partial charge in [0.1, 0.15) is 6.61 Å². The Morgan fingerprint density at radius 1 is 1.11 bits per heavy atom. The second-order valence-electron chi connectivity index (χ2n) is 6.26. The highest BCUT2D eigenvalue weighted by Crippen LogP contribution is 2.22. The number of ketones is 1. The number of amides is 1. The van der Waals surface area contributed by atoms with Crippen LogP contribution >= 0.6 is 0 Å². The number of hydrogen-bond donors (Lipinski definition) is 2. The van der Waals surface area contributed by atoms with Crippen LogP contribution in [0.1, 0.15) is 18.9 Å². The van der Waals surface area contributed by atoms with E-state index in [1.807, 2.05) is 48.5 Å². The molecule has 1 heterocycles. The third-order valence-corrected chi connectivity index (χ3v) is 4.29. The molecular weight excluding hydrogens is 360 g/mol. The van der Waals surface area contributed by atoms with Gasteiger partial charge in [-0.1, -0.05) is 55.5 Å². The Balaban J connectivity index is 1.54. The first-order valence-electron chi connectivity index (χ1n) is 9.01.